The van der Waals surface area contributed by atoms with Crippen molar-refractivity contribution in [3.8, 4) is 0 Å². The Morgan fingerprint density at radius 2 is 1.88 bits per heavy atom. The van der Waals surface area contributed by atoms with Crippen molar-refractivity contribution in [1.29, 1.82) is 0 Å². The summed E-state index contributed by atoms with van der Waals surface area (Å²) in [5.41, 5.74) is 6.09. The van der Waals surface area contributed by atoms with Gasteiger partial charge in [-0.2, -0.15) is 0 Å². The summed E-state index contributed by atoms with van der Waals surface area (Å²) in [5.74, 6) is -2.49. The molecular formula is C31H42N2O9. The van der Waals surface area contributed by atoms with Gasteiger partial charge in [-0.05, 0) is 38.2 Å². The summed E-state index contributed by atoms with van der Waals surface area (Å²) in [6.45, 7) is 10.5. The summed E-state index contributed by atoms with van der Waals surface area (Å²) < 4.78 is 22.1. The van der Waals surface area contributed by atoms with Gasteiger partial charge in [0.15, 0.2) is 11.9 Å². The topological polar surface area (TPSA) is 163 Å². The Balaban J connectivity index is 2.62. The molecule has 2 amide bonds. The molecule has 4 N–H and O–H groups in total. The number of allylic oxidation sites excluding steroid dienone is 4. The number of hydrogen-bond acceptors (Lipinski definition) is 9. The predicted octanol–water partition coefficient (Wildman–Crippen LogP) is 2.96. The zero-order chi connectivity index (χ0) is 31.6. The number of hydrogen-bond donors (Lipinski definition) is 3. The highest BCUT2D eigenvalue weighted by molar-refractivity contribution is 6.23. The van der Waals surface area contributed by atoms with Gasteiger partial charge in [0.2, 0.25) is 11.6 Å². The Kier molecular flexibility index (Phi) is 13.1. The van der Waals surface area contributed by atoms with Gasteiger partial charge < -0.3 is 35.1 Å². The lowest BCUT2D eigenvalue weighted by molar-refractivity contribution is -0.121. The molecule has 1 heterocycles. The minimum atomic E-state index is -1.01. The molecule has 0 fully saturated rings. The first kappa shape index (κ1) is 34.4. The Hall–Kier alpha value is -3.80. The van der Waals surface area contributed by atoms with Gasteiger partial charge >= 0.3 is 6.09 Å². The third-order valence-corrected chi connectivity index (χ3v) is 7.09. The van der Waals surface area contributed by atoms with Gasteiger partial charge in [0, 0.05) is 37.4 Å². The van der Waals surface area contributed by atoms with Gasteiger partial charge in [-0.1, -0.05) is 50.8 Å². The van der Waals surface area contributed by atoms with E-state index in [4.69, 9.17) is 24.7 Å². The number of ketones is 2. The first-order chi connectivity index (χ1) is 19.8. The van der Waals surface area contributed by atoms with Crippen LogP contribution < -0.4 is 11.1 Å². The Labute approximate surface area is 246 Å². The second-order valence-corrected chi connectivity index (χ2v) is 10.5. The molecule has 2 aliphatic rings. The zero-order valence-electron chi connectivity index (χ0n) is 25.0. The number of rotatable bonds is 6. The second kappa shape index (κ2) is 16.0. The number of primary amides is 1. The molecular weight excluding hydrogens is 544 g/mol. The molecule has 0 saturated carbocycles. The van der Waals surface area contributed by atoms with E-state index in [1.165, 1.54) is 39.4 Å². The molecule has 1 aliphatic heterocycles. The molecule has 0 radical (unpaired) electrons. The van der Waals surface area contributed by atoms with Crippen LogP contribution in [-0.4, -0.2) is 73.9 Å². The first-order valence-corrected chi connectivity index (χ1v) is 13.7. The molecule has 1 unspecified atom stereocenters. The molecule has 6 atom stereocenters. The number of nitrogens with two attached hydrogens (primary N) is 1. The van der Waals surface area contributed by atoms with Crippen molar-refractivity contribution in [2.75, 3.05) is 20.8 Å². The van der Waals surface area contributed by atoms with E-state index in [0.29, 0.717) is 12.0 Å². The summed E-state index contributed by atoms with van der Waals surface area (Å²) in [6, 6.07) is 0. The molecule has 230 valence electrons. The minimum Gasteiger partial charge on any atom is -0.485 e. The molecule has 0 aromatic heterocycles. The Morgan fingerprint density at radius 3 is 2.48 bits per heavy atom. The standard InChI is InChI=1S/C31H42N2O9/c1-8-12-41-29-21-13-17(2)14-25(40-7)26(35)19(4)15-20(5)28(42-31(32)38)24(39-6)11-9-10-18(3)30(37)33-22(27(21)36)16-23(29)34/h8-11,15-17,19,24-26,28,35H,1,12-14H2,2-7H3,(H2,32,38)(H,33,37)/b11-9-,18-10+,20-15+/t17-,19+,24?,25+,26-,28+/m1/s1. The average Bonchev–Trinajstić information content (AvgIpc) is 2.94. The van der Waals surface area contributed by atoms with Gasteiger partial charge in [0.1, 0.15) is 12.7 Å². The molecule has 11 heteroatoms. The number of aliphatic hydroxyl groups is 1. The number of fused-ring (bicyclic) bond motifs is 2. The maximum absolute atomic E-state index is 13.5. The van der Waals surface area contributed by atoms with Crippen molar-refractivity contribution in [3.05, 3.63) is 71.2 Å². The number of Topliss-reactive ketones (excluding diaryl/α,β-unsaturated/α-hetero) is 1. The largest absolute Gasteiger partial charge is 0.485 e. The smallest absolute Gasteiger partial charge is 0.405 e. The molecule has 42 heavy (non-hydrogen) atoms. The van der Waals surface area contributed by atoms with E-state index in [1.807, 2.05) is 6.92 Å². The van der Waals surface area contributed by atoms with Crippen LogP contribution in [0, 0.1) is 11.8 Å². The average molecular weight is 587 g/mol. The van der Waals surface area contributed by atoms with E-state index in [0.717, 1.165) is 6.08 Å². The minimum absolute atomic E-state index is 0.0154. The van der Waals surface area contributed by atoms with Crippen molar-refractivity contribution in [3.63, 3.8) is 0 Å². The number of carbonyl (C=O) groups is 4. The molecule has 0 aromatic carbocycles. The van der Waals surface area contributed by atoms with E-state index in [2.05, 4.69) is 11.9 Å². The zero-order valence-corrected chi connectivity index (χ0v) is 25.0. The lowest BCUT2D eigenvalue weighted by Gasteiger charge is -2.30. The van der Waals surface area contributed by atoms with Crippen LogP contribution in [0.4, 0.5) is 4.79 Å². The number of aliphatic hydroxyl groups excluding tert-OH is 1. The maximum atomic E-state index is 13.5. The molecule has 0 saturated heterocycles. The van der Waals surface area contributed by atoms with Crippen LogP contribution in [0.1, 0.15) is 40.5 Å². The summed E-state index contributed by atoms with van der Waals surface area (Å²) in [4.78, 5) is 51.2. The van der Waals surface area contributed by atoms with Crippen LogP contribution in [0.5, 0.6) is 0 Å². The number of amides is 2. The van der Waals surface area contributed by atoms with E-state index in [-0.39, 0.29) is 41.5 Å². The monoisotopic (exact) mass is 586 g/mol. The van der Waals surface area contributed by atoms with Crippen LogP contribution in [-0.2, 0) is 33.3 Å². The van der Waals surface area contributed by atoms with Crippen molar-refractivity contribution in [2.24, 2.45) is 17.6 Å². The number of carbonyl (C=O) groups excluding carboxylic acids is 4. The number of ether oxygens (including phenoxy) is 4. The van der Waals surface area contributed by atoms with Gasteiger partial charge in [0.25, 0.3) is 5.91 Å². The molecule has 0 spiro atoms. The Bertz CT molecular complexity index is 1210. The van der Waals surface area contributed by atoms with Crippen molar-refractivity contribution in [1.82, 2.24) is 5.32 Å². The maximum Gasteiger partial charge on any atom is 0.405 e. The molecule has 2 rings (SSSR count). The highest BCUT2D eigenvalue weighted by atomic mass is 16.6. The van der Waals surface area contributed by atoms with Crippen molar-refractivity contribution in [2.45, 2.75) is 65.0 Å². The fourth-order valence-electron chi connectivity index (χ4n) is 4.86. The quantitative estimate of drug-likeness (QED) is 0.314. The third-order valence-electron chi connectivity index (χ3n) is 7.09. The number of nitrogens with one attached hydrogen (secondary N) is 1. The van der Waals surface area contributed by atoms with Gasteiger partial charge in [-0.15, -0.1) is 0 Å². The predicted molar refractivity (Wildman–Crippen MR) is 156 cm³/mol. The van der Waals surface area contributed by atoms with E-state index in [1.54, 1.807) is 26.0 Å². The molecule has 11 nitrogen and oxygen atoms in total. The molecule has 1 aliphatic carbocycles. The summed E-state index contributed by atoms with van der Waals surface area (Å²) in [5, 5.41) is 13.7. The van der Waals surface area contributed by atoms with Crippen LogP contribution in [0.25, 0.3) is 0 Å². The van der Waals surface area contributed by atoms with E-state index in [9.17, 15) is 24.3 Å². The van der Waals surface area contributed by atoms with Crippen LogP contribution in [0.2, 0.25) is 0 Å². The fraction of sp³-hybridized carbons (Fsp3) is 0.484. The summed E-state index contributed by atoms with van der Waals surface area (Å²) in [7, 11) is 2.90. The van der Waals surface area contributed by atoms with Crippen LogP contribution in [0.15, 0.2) is 71.2 Å². The van der Waals surface area contributed by atoms with E-state index < -0.39 is 53.9 Å². The normalized spacial score (nSPS) is 31.6. The van der Waals surface area contributed by atoms with Crippen molar-refractivity contribution < 1.29 is 43.2 Å². The van der Waals surface area contributed by atoms with E-state index >= 15 is 0 Å². The Morgan fingerprint density at radius 1 is 1.19 bits per heavy atom. The van der Waals surface area contributed by atoms with Crippen LogP contribution in [0.3, 0.4) is 0 Å². The third kappa shape index (κ3) is 9.10. The first-order valence-electron chi connectivity index (χ1n) is 13.7. The number of methoxy groups -OCH3 is 2. The lowest BCUT2D eigenvalue weighted by atomic mass is 9.85. The highest BCUT2D eigenvalue weighted by Crippen LogP contribution is 2.29. The SMILES string of the molecule is C=CCOC1=C2C[C@@H](C)C[C@H](OC)[C@H](O)[C@@H](C)/C=C(\C)[C@H](OC(N)=O)C(OC)/C=C\C=C(/C)C(=O)NC(=CC1=O)C2=O. The van der Waals surface area contributed by atoms with Gasteiger partial charge in [-0.25, -0.2) is 4.79 Å². The van der Waals surface area contributed by atoms with Gasteiger partial charge in [-0.3, -0.25) is 14.4 Å². The fourth-order valence-corrected chi connectivity index (χ4v) is 4.86. The van der Waals surface area contributed by atoms with Crippen molar-refractivity contribution >= 4 is 23.6 Å². The second-order valence-electron chi connectivity index (χ2n) is 10.5. The summed E-state index contributed by atoms with van der Waals surface area (Å²) in [6.07, 6.45) is 4.98. The lowest BCUT2D eigenvalue weighted by Crippen LogP contribution is -2.37. The molecule has 2 bridgehead atoms. The van der Waals surface area contributed by atoms with Crippen LogP contribution >= 0.6 is 0 Å². The van der Waals surface area contributed by atoms with Gasteiger partial charge in [0.05, 0.1) is 17.9 Å². The highest BCUT2D eigenvalue weighted by Gasteiger charge is 2.34. The summed E-state index contributed by atoms with van der Waals surface area (Å²) >= 11 is 0. The molecule has 0 aromatic rings.